The van der Waals surface area contributed by atoms with Crippen LogP contribution in [0, 0.1) is 5.92 Å². The second-order valence-electron chi connectivity index (χ2n) is 5.89. The molecule has 0 aromatic heterocycles. The maximum Gasteiger partial charge on any atom is 0.251 e. The zero-order valence-corrected chi connectivity index (χ0v) is 14.1. The van der Waals surface area contributed by atoms with Gasteiger partial charge in [-0.1, -0.05) is 12.8 Å². The number of amides is 1. The summed E-state index contributed by atoms with van der Waals surface area (Å²) in [5.41, 5.74) is 6.43. The van der Waals surface area contributed by atoms with Crippen molar-refractivity contribution in [1.82, 2.24) is 5.32 Å². The smallest absolute Gasteiger partial charge is 0.251 e. The lowest BCUT2D eigenvalue weighted by molar-refractivity contribution is 0.0907. The number of hydrogen-bond donors (Lipinski definition) is 2. The van der Waals surface area contributed by atoms with Crippen LogP contribution in [0.3, 0.4) is 0 Å². The maximum absolute atomic E-state index is 12.6. The average molecular weight is 320 g/mol. The van der Waals surface area contributed by atoms with E-state index in [0.717, 1.165) is 19.3 Å². The number of benzene rings is 1. The SMILES string of the molecule is CCOc1ccc(C(=O)NC2CCCCC2CN)cc1OCC. The first kappa shape index (κ1) is 17.6. The largest absolute Gasteiger partial charge is 0.490 e. The lowest BCUT2D eigenvalue weighted by Gasteiger charge is -2.31. The highest BCUT2D eigenvalue weighted by Crippen LogP contribution is 2.29. The van der Waals surface area contributed by atoms with E-state index in [1.54, 1.807) is 18.2 Å². The molecule has 2 atom stereocenters. The Bertz CT molecular complexity index is 519. The van der Waals surface area contributed by atoms with E-state index < -0.39 is 0 Å². The molecule has 0 spiro atoms. The number of carbonyl (C=O) groups is 1. The quantitative estimate of drug-likeness (QED) is 0.810. The van der Waals surface area contributed by atoms with Crippen molar-refractivity contribution >= 4 is 5.91 Å². The summed E-state index contributed by atoms with van der Waals surface area (Å²) in [6.07, 6.45) is 4.44. The number of rotatable bonds is 7. The van der Waals surface area contributed by atoms with Gasteiger partial charge in [0.25, 0.3) is 5.91 Å². The van der Waals surface area contributed by atoms with Crippen LogP contribution in [0.15, 0.2) is 18.2 Å². The van der Waals surface area contributed by atoms with Crippen molar-refractivity contribution in [2.24, 2.45) is 11.7 Å². The lowest BCUT2D eigenvalue weighted by atomic mass is 9.84. The molecule has 1 aliphatic carbocycles. The summed E-state index contributed by atoms with van der Waals surface area (Å²) in [5.74, 6) is 1.59. The zero-order chi connectivity index (χ0) is 16.7. The molecule has 1 fully saturated rings. The van der Waals surface area contributed by atoms with Crippen LogP contribution in [-0.4, -0.2) is 31.7 Å². The fourth-order valence-electron chi connectivity index (χ4n) is 3.12. The number of nitrogens with two attached hydrogens (primary N) is 1. The Morgan fingerprint density at radius 3 is 2.57 bits per heavy atom. The Balaban J connectivity index is 2.10. The Hall–Kier alpha value is -1.75. The van der Waals surface area contributed by atoms with Crippen LogP contribution in [0.2, 0.25) is 0 Å². The van der Waals surface area contributed by atoms with Crippen molar-refractivity contribution in [1.29, 1.82) is 0 Å². The second-order valence-corrected chi connectivity index (χ2v) is 5.89. The van der Waals surface area contributed by atoms with Crippen molar-refractivity contribution < 1.29 is 14.3 Å². The van der Waals surface area contributed by atoms with Gasteiger partial charge >= 0.3 is 0 Å². The van der Waals surface area contributed by atoms with Gasteiger partial charge in [0.2, 0.25) is 0 Å². The first-order valence-corrected chi connectivity index (χ1v) is 8.60. The van der Waals surface area contributed by atoms with E-state index in [-0.39, 0.29) is 11.9 Å². The summed E-state index contributed by atoms with van der Waals surface area (Å²) in [4.78, 5) is 12.6. The topological polar surface area (TPSA) is 73.6 Å². The third-order valence-corrected chi connectivity index (χ3v) is 4.33. The molecule has 1 aliphatic rings. The molecule has 1 aromatic rings. The zero-order valence-electron chi connectivity index (χ0n) is 14.1. The van der Waals surface area contributed by atoms with Crippen LogP contribution in [0.5, 0.6) is 11.5 Å². The van der Waals surface area contributed by atoms with E-state index in [0.29, 0.717) is 42.7 Å². The van der Waals surface area contributed by atoms with Gasteiger partial charge in [0.1, 0.15) is 0 Å². The first-order chi connectivity index (χ1) is 11.2. The number of ether oxygens (including phenoxy) is 2. The van der Waals surface area contributed by atoms with Gasteiger partial charge in [-0.05, 0) is 57.4 Å². The minimum atomic E-state index is -0.0700. The van der Waals surface area contributed by atoms with Gasteiger partial charge in [0, 0.05) is 11.6 Å². The van der Waals surface area contributed by atoms with Crippen LogP contribution in [0.1, 0.15) is 49.9 Å². The highest BCUT2D eigenvalue weighted by Gasteiger charge is 2.26. The van der Waals surface area contributed by atoms with E-state index in [1.807, 2.05) is 13.8 Å². The summed E-state index contributed by atoms with van der Waals surface area (Å²) in [7, 11) is 0. The molecule has 0 saturated heterocycles. The maximum atomic E-state index is 12.6. The van der Waals surface area contributed by atoms with Gasteiger partial charge in [-0.15, -0.1) is 0 Å². The molecule has 2 rings (SSSR count). The fourth-order valence-corrected chi connectivity index (χ4v) is 3.12. The monoisotopic (exact) mass is 320 g/mol. The molecular formula is C18H28N2O3. The van der Waals surface area contributed by atoms with Gasteiger partial charge in [-0.3, -0.25) is 4.79 Å². The van der Waals surface area contributed by atoms with Crippen molar-refractivity contribution in [3.8, 4) is 11.5 Å². The van der Waals surface area contributed by atoms with Gasteiger partial charge in [0.15, 0.2) is 11.5 Å². The highest BCUT2D eigenvalue weighted by atomic mass is 16.5. The molecule has 2 unspecified atom stereocenters. The number of hydrogen-bond acceptors (Lipinski definition) is 4. The van der Waals surface area contributed by atoms with Crippen LogP contribution < -0.4 is 20.5 Å². The molecule has 5 heteroatoms. The second kappa shape index (κ2) is 8.77. The van der Waals surface area contributed by atoms with E-state index in [9.17, 15) is 4.79 Å². The normalized spacial score (nSPS) is 20.8. The Morgan fingerprint density at radius 1 is 1.17 bits per heavy atom. The molecule has 5 nitrogen and oxygen atoms in total. The molecule has 0 radical (unpaired) electrons. The molecule has 0 heterocycles. The lowest BCUT2D eigenvalue weighted by Crippen LogP contribution is -2.44. The predicted molar refractivity (Wildman–Crippen MR) is 91.0 cm³/mol. The predicted octanol–water partition coefficient (Wildman–Crippen LogP) is 2.73. The minimum absolute atomic E-state index is 0.0700. The molecule has 1 amide bonds. The van der Waals surface area contributed by atoms with Gasteiger partial charge < -0.3 is 20.5 Å². The Morgan fingerprint density at radius 2 is 1.87 bits per heavy atom. The molecule has 0 aliphatic heterocycles. The average Bonchev–Trinajstić information content (AvgIpc) is 2.57. The van der Waals surface area contributed by atoms with E-state index in [2.05, 4.69) is 5.32 Å². The molecular weight excluding hydrogens is 292 g/mol. The third kappa shape index (κ3) is 4.61. The fraction of sp³-hybridized carbons (Fsp3) is 0.611. The van der Waals surface area contributed by atoms with Crippen molar-refractivity contribution in [3.63, 3.8) is 0 Å². The van der Waals surface area contributed by atoms with Gasteiger partial charge in [-0.25, -0.2) is 0 Å². The molecule has 3 N–H and O–H groups in total. The van der Waals surface area contributed by atoms with E-state index >= 15 is 0 Å². The summed E-state index contributed by atoms with van der Waals surface area (Å²) < 4.78 is 11.1. The summed E-state index contributed by atoms with van der Waals surface area (Å²) >= 11 is 0. The van der Waals surface area contributed by atoms with Crippen LogP contribution >= 0.6 is 0 Å². The van der Waals surface area contributed by atoms with Gasteiger partial charge in [-0.2, -0.15) is 0 Å². The van der Waals surface area contributed by atoms with Crippen molar-refractivity contribution in [2.75, 3.05) is 19.8 Å². The molecule has 1 aromatic carbocycles. The molecule has 128 valence electrons. The minimum Gasteiger partial charge on any atom is -0.490 e. The first-order valence-electron chi connectivity index (χ1n) is 8.60. The van der Waals surface area contributed by atoms with Gasteiger partial charge in [0.05, 0.1) is 13.2 Å². The van der Waals surface area contributed by atoms with Crippen molar-refractivity contribution in [3.05, 3.63) is 23.8 Å². The number of carbonyl (C=O) groups excluding carboxylic acids is 1. The molecule has 23 heavy (non-hydrogen) atoms. The van der Waals surface area contributed by atoms with Crippen LogP contribution in [0.4, 0.5) is 0 Å². The van der Waals surface area contributed by atoms with Crippen LogP contribution in [-0.2, 0) is 0 Å². The van der Waals surface area contributed by atoms with Crippen molar-refractivity contribution in [2.45, 2.75) is 45.6 Å². The molecule has 0 bridgehead atoms. The summed E-state index contributed by atoms with van der Waals surface area (Å²) in [6, 6.07) is 5.50. The Labute approximate surface area is 138 Å². The highest BCUT2D eigenvalue weighted by molar-refractivity contribution is 5.95. The van der Waals surface area contributed by atoms with E-state index in [4.69, 9.17) is 15.2 Å². The molecule has 1 saturated carbocycles. The standard InChI is InChI=1S/C18H28N2O3/c1-3-22-16-10-9-13(11-17(16)23-4-2)18(21)20-15-8-6-5-7-14(15)12-19/h9-11,14-15H,3-8,12,19H2,1-2H3,(H,20,21). The summed E-state index contributed by atoms with van der Waals surface area (Å²) in [6.45, 7) is 5.55. The van der Waals surface area contributed by atoms with Crippen LogP contribution in [0.25, 0.3) is 0 Å². The van der Waals surface area contributed by atoms with E-state index in [1.165, 1.54) is 6.42 Å². The number of nitrogens with one attached hydrogen (secondary N) is 1. The Kier molecular flexibility index (Phi) is 6.71. The third-order valence-electron chi connectivity index (χ3n) is 4.33. The summed E-state index contributed by atoms with van der Waals surface area (Å²) in [5, 5.41) is 3.14.